The Balaban J connectivity index is 1.80. The van der Waals surface area contributed by atoms with Gasteiger partial charge in [0.1, 0.15) is 6.61 Å². The minimum absolute atomic E-state index is 0.0187. The van der Waals surface area contributed by atoms with E-state index in [2.05, 4.69) is 11.0 Å². The van der Waals surface area contributed by atoms with Gasteiger partial charge in [-0.15, -0.1) is 0 Å². The SMILES string of the molecule is Cc1cc(=O)n(C)c2c3c4c(cc12)c(C)cc(=O)n4C(CN1CCOCC1)CO3. The van der Waals surface area contributed by atoms with Crippen LogP contribution in [0.25, 0.3) is 21.8 Å². The third kappa shape index (κ3) is 2.80. The molecule has 152 valence electrons. The molecular formula is C22H25N3O4. The molecule has 7 heteroatoms. The summed E-state index contributed by atoms with van der Waals surface area (Å²) >= 11 is 0. The largest absolute Gasteiger partial charge is 0.487 e. The molecule has 0 aliphatic carbocycles. The molecule has 0 radical (unpaired) electrons. The quantitative estimate of drug-likeness (QED) is 0.619. The number of ether oxygens (including phenoxy) is 2. The number of morpholine rings is 1. The maximum atomic E-state index is 13.1. The lowest BCUT2D eigenvalue weighted by atomic mass is 10.0. The molecule has 5 rings (SSSR count). The van der Waals surface area contributed by atoms with Crippen molar-refractivity contribution in [3.63, 3.8) is 0 Å². The van der Waals surface area contributed by atoms with Crippen LogP contribution in [0, 0.1) is 13.8 Å². The minimum atomic E-state index is -0.0776. The van der Waals surface area contributed by atoms with E-state index in [-0.39, 0.29) is 17.2 Å². The first-order valence-electron chi connectivity index (χ1n) is 10.1. The van der Waals surface area contributed by atoms with Crippen LogP contribution in [0.4, 0.5) is 0 Å². The van der Waals surface area contributed by atoms with Gasteiger partial charge in [-0.2, -0.15) is 0 Å². The van der Waals surface area contributed by atoms with E-state index in [1.807, 2.05) is 18.4 Å². The highest BCUT2D eigenvalue weighted by molar-refractivity contribution is 6.04. The van der Waals surface area contributed by atoms with Crippen molar-refractivity contribution in [1.29, 1.82) is 0 Å². The van der Waals surface area contributed by atoms with Gasteiger partial charge in [-0.3, -0.25) is 19.1 Å². The summed E-state index contributed by atoms with van der Waals surface area (Å²) in [6, 6.07) is 5.38. The van der Waals surface area contributed by atoms with Crippen LogP contribution < -0.4 is 15.9 Å². The fourth-order valence-corrected chi connectivity index (χ4v) is 4.69. The van der Waals surface area contributed by atoms with Crippen LogP contribution in [0.3, 0.4) is 0 Å². The Labute approximate surface area is 168 Å². The molecule has 0 spiro atoms. The predicted octanol–water partition coefficient (Wildman–Crippen LogP) is 1.74. The van der Waals surface area contributed by atoms with E-state index < -0.39 is 0 Å². The molecule has 0 N–H and O–H groups in total. The molecule has 1 unspecified atom stereocenters. The molecule has 1 aromatic carbocycles. The molecule has 1 atom stereocenters. The summed E-state index contributed by atoms with van der Waals surface area (Å²) in [4.78, 5) is 27.8. The van der Waals surface area contributed by atoms with Gasteiger partial charge < -0.3 is 14.0 Å². The number of pyridine rings is 2. The monoisotopic (exact) mass is 395 g/mol. The van der Waals surface area contributed by atoms with Gasteiger partial charge in [0.2, 0.25) is 0 Å². The number of hydrogen-bond acceptors (Lipinski definition) is 5. The van der Waals surface area contributed by atoms with E-state index in [9.17, 15) is 9.59 Å². The second-order valence-corrected chi connectivity index (χ2v) is 8.14. The molecule has 1 fully saturated rings. The summed E-state index contributed by atoms with van der Waals surface area (Å²) < 4.78 is 15.2. The molecule has 2 aliphatic rings. The summed E-state index contributed by atoms with van der Waals surface area (Å²) in [5.74, 6) is 0.639. The summed E-state index contributed by atoms with van der Waals surface area (Å²) in [5.41, 5.74) is 3.30. The molecule has 0 saturated carbocycles. The fraction of sp³-hybridized carbons (Fsp3) is 0.455. The molecule has 4 heterocycles. The number of aryl methyl sites for hydroxylation is 3. The predicted molar refractivity (Wildman–Crippen MR) is 112 cm³/mol. The van der Waals surface area contributed by atoms with Crippen molar-refractivity contribution >= 4 is 21.8 Å². The number of benzene rings is 1. The van der Waals surface area contributed by atoms with Gasteiger partial charge in [0.05, 0.1) is 30.3 Å². The Hall–Kier alpha value is -2.64. The van der Waals surface area contributed by atoms with Gasteiger partial charge in [-0.05, 0) is 31.0 Å². The third-order valence-electron chi connectivity index (χ3n) is 6.26. The van der Waals surface area contributed by atoms with Crippen LogP contribution in [-0.4, -0.2) is 53.5 Å². The van der Waals surface area contributed by atoms with E-state index in [4.69, 9.17) is 9.47 Å². The Morgan fingerprint density at radius 2 is 1.62 bits per heavy atom. The van der Waals surface area contributed by atoms with Crippen LogP contribution in [0.1, 0.15) is 17.2 Å². The van der Waals surface area contributed by atoms with Crippen molar-refractivity contribution in [1.82, 2.24) is 14.0 Å². The van der Waals surface area contributed by atoms with Gasteiger partial charge >= 0.3 is 0 Å². The average molecular weight is 395 g/mol. The highest BCUT2D eigenvalue weighted by atomic mass is 16.5. The molecule has 0 amide bonds. The van der Waals surface area contributed by atoms with Crippen LogP contribution in [0.15, 0.2) is 27.8 Å². The van der Waals surface area contributed by atoms with Gasteiger partial charge in [-0.25, -0.2) is 0 Å². The first-order valence-corrected chi connectivity index (χ1v) is 10.1. The maximum Gasteiger partial charge on any atom is 0.251 e. The van der Waals surface area contributed by atoms with Crippen molar-refractivity contribution in [3.05, 3.63) is 50.0 Å². The van der Waals surface area contributed by atoms with E-state index in [0.717, 1.165) is 52.6 Å². The van der Waals surface area contributed by atoms with E-state index in [0.29, 0.717) is 25.6 Å². The smallest absolute Gasteiger partial charge is 0.251 e. The van der Waals surface area contributed by atoms with Crippen LogP contribution in [0.2, 0.25) is 0 Å². The third-order valence-corrected chi connectivity index (χ3v) is 6.26. The molecule has 29 heavy (non-hydrogen) atoms. The summed E-state index contributed by atoms with van der Waals surface area (Å²) in [7, 11) is 1.76. The fourth-order valence-electron chi connectivity index (χ4n) is 4.69. The van der Waals surface area contributed by atoms with E-state index >= 15 is 0 Å². The Morgan fingerprint density at radius 3 is 2.34 bits per heavy atom. The molecule has 3 aromatic rings. The standard InChI is InChI=1S/C22H25N3O4/c1-13-8-18(26)23(3)20-16(13)10-17-14(2)9-19(27)25-15(12-29-22(20)21(17)25)11-24-4-6-28-7-5-24/h8-10,15H,4-7,11-12H2,1-3H3. The van der Waals surface area contributed by atoms with E-state index in [1.54, 1.807) is 23.7 Å². The lowest BCUT2D eigenvalue weighted by molar-refractivity contribution is 0.0271. The topological polar surface area (TPSA) is 65.7 Å². The van der Waals surface area contributed by atoms with Crippen LogP contribution in [-0.2, 0) is 11.8 Å². The van der Waals surface area contributed by atoms with Crippen LogP contribution >= 0.6 is 0 Å². The number of fused-ring (bicyclic) bond motifs is 2. The van der Waals surface area contributed by atoms with Crippen molar-refractivity contribution in [3.8, 4) is 5.75 Å². The second-order valence-electron chi connectivity index (χ2n) is 8.14. The van der Waals surface area contributed by atoms with Crippen molar-refractivity contribution < 1.29 is 9.47 Å². The average Bonchev–Trinajstić information content (AvgIpc) is 2.70. The Bertz CT molecular complexity index is 1250. The van der Waals surface area contributed by atoms with Crippen molar-refractivity contribution in [2.24, 2.45) is 7.05 Å². The Kier molecular flexibility index (Phi) is 4.26. The van der Waals surface area contributed by atoms with Crippen molar-refractivity contribution in [2.45, 2.75) is 19.9 Å². The highest BCUT2D eigenvalue weighted by Crippen LogP contribution is 2.39. The van der Waals surface area contributed by atoms with E-state index in [1.165, 1.54) is 0 Å². The highest BCUT2D eigenvalue weighted by Gasteiger charge is 2.29. The summed E-state index contributed by atoms with van der Waals surface area (Å²) in [5, 5.41) is 1.98. The summed E-state index contributed by atoms with van der Waals surface area (Å²) in [6.45, 7) is 8.20. The van der Waals surface area contributed by atoms with Crippen molar-refractivity contribution in [2.75, 3.05) is 39.5 Å². The number of hydrogen-bond donors (Lipinski definition) is 0. The molecule has 0 bridgehead atoms. The number of rotatable bonds is 2. The zero-order valence-corrected chi connectivity index (χ0v) is 17.0. The zero-order valence-electron chi connectivity index (χ0n) is 17.0. The molecule has 1 saturated heterocycles. The molecule has 2 aromatic heterocycles. The number of nitrogens with zero attached hydrogens (tertiary/aromatic N) is 3. The molecule has 2 aliphatic heterocycles. The first kappa shape index (κ1) is 18.4. The normalized spacial score (nSPS) is 19.6. The van der Waals surface area contributed by atoms with Gasteiger partial charge in [0.25, 0.3) is 11.1 Å². The van der Waals surface area contributed by atoms with Gasteiger partial charge in [-0.1, -0.05) is 0 Å². The minimum Gasteiger partial charge on any atom is -0.487 e. The lowest BCUT2D eigenvalue weighted by Crippen LogP contribution is -2.44. The van der Waals surface area contributed by atoms with Crippen LogP contribution in [0.5, 0.6) is 5.75 Å². The van der Waals surface area contributed by atoms with Gasteiger partial charge in [0.15, 0.2) is 5.75 Å². The zero-order chi connectivity index (χ0) is 20.3. The first-order chi connectivity index (χ1) is 14.0. The number of aromatic nitrogens is 2. The lowest BCUT2D eigenvalue weighted by Gasteiger charge is -2.35. The Morgan fingerprint density at radius 1 is 0.966 bits per heavy atom. The van der Waals surface area contributed by atoms with Gasteiger partial charge in [0, 0.05) is 49.6 Å². The molecule has 7 nitrogen and oxygen atoms in total. The maximum absolute atomic E-state index is 13.1. The molecular weight excluding hydrogens is 370 g/mol. The summed E-state index contributed by atoms with van der Waals surface area (Å²) in [6.07, 6.45) is 0. The second kappa shape index (κ2) is 6.71.